The van der Waals surface area contributed by atoms with E-state index in [2.05, 4.69) is 10.3 Å². The van der Waals surface area contributed by atoms with Crippen molar-refractivity contribution in [1.29, 1.82) is 0 Å². The van der Waals surface area contributed by atoms with E-state index < -0.39 is 0 Å². The molecule has 4 nitrogen and oxygen atoms in total. The summed E-state index contributed by atoms with van der Waals surface area (Å²) in [6, 6.07) is 18.3. The largest absolute Gasteiger partial charge is 0.508 e. The lowest BCUT2D eigenvalue weighted by Gasteiger charge is -2.06. The number of phenolic OH excluding ortho intramolecular Hbond substituents is 1. The first-order chi connectivity index (χ1) is 10.7. The second kappa shape index (κ2) is 6.26. The maximum atomic E-state index is 12.1. The average Bonchev–Trinajstić information content (AvgIpc) is 2.56. The molecular weight excluding hydrogens is 276 g/mol. The molecule has 0 radical (unpaired) electrons. The van der Waals surface area contributed by atoms with Crippen molar-refractivity contribution in [2.45, 2.75) is 6.42 Å². The number of pyridine rings is 1. The van der Waals surface area contributed by atoms with Gasteiger partial charge in [-0.25, -0.2) is 4.98 Å². The lowest BCUT2D eigenvalue weighted by Crippen LogP contribution is -2.26. The zero-order valence-corrected chi connectivity index (χ0v) is 12.0. The van der Waals surface area contributed by atoms with Gasteiger partial charge in [-0.3, -0.25) is 4.79 Å². The van der Waals surface area contributed by atoms with Gasteiger partial charge in [0.05, 0.1) is 5.52 Å². The maximum absolute atomic E-state index is 12.1. The van der Waals surface area contributed by atoms with Gasteiger partial charge in [0.1, 0.15) is 11.4 Å². The summed E-state index contributed by atoms with van der Waals surface area (Å²) in [6.45, 7) is 0.526. The molecule has 1 amide bonds. The van der Waals surface area contributed by atoms with E-state index in [0.29, 0.717) is 18.7 Å². The fraction of sp³-hybridized carbons (Fsp3) is 0.111. The zero-order chi connectivity index (χ0) is 15.4. The highest BCUT2D eigenvalue weighted by Gasteiger charge is 2.07. The minimum atomic E-state index is -0.176. The number of benzene rings is 2. The van der Waals surface area contributed by atoms with E-state index in [1.165, 1.54) is 0 Å². The van der Waals surface area contributed by atoms with Gasteiger partial charge < -0.3 is 10.4 Å². The van der Waals surface area contributed by atoms with Crippen molar-refractivity contribution in [2.75, 3.05) is 6.54 Å². The van der Waals surface area contributed by atoms with Crippen molar-refractivity contribution in [1.82, 2.24) is 10.3 Å². The Labute approximate surface area is 128 Å². The minimum Gasteiger partial charge on any atom is -0.508 e. The quantitative estimate of drug-likeness (QED) is 0.777. The Hall–Kier alpha value is -2.88. The van der Waals surface area contributed by atoms with Gasteiger partial charge in [0, 0.05) is 11.9 Å². The van der Waals surface area contributed by atoms with Gasteiger partial charge in [0.2, 0.25) is 0 Å². The first-order valence-corrected chi connectivity index (χ1v) is 7.14. The van der Waals surface area contributed by atoms with Gasteiger partial charge in [-0.1, -0.05) is 36.4 Å². The lowest BCUT2D eigenvalue weighted by molar-refractivity contribution is 0.0949. The van der Waals surface area contributed by atoms with Crippen LogP contribution in [0.3, 0.4) is 0 Å². The van der Waals surface area contributed by atoms with Crippen LogP contribution in [0.15, 0.2) is 60.7 Å². The Morgan fingerprint density at radius 3 is 2.59 bits per heavy atom. The summed E-state index contributed by atoms with van der Waals surface area (Å²) in [4.78, 5) is 16.5. The molecule has 0 saturated heterocycles. The van der Waals surface area contributed by atoms with E-state index in [4.69, 9.17) is 0 Å². The van der Waals surface area contributed by atoms with Crippen LogP contribution in [0.4, 0.5) is 0 Å². The summed E-state index contributed by atoms with van der Waals surface area (Å²) in [5, 5.41) is 13.1. The first kappa shape index (κ1) is 14.1. The molecule has 0 bridgehead atoms. The number of hydrogen-bond acceptors (Lipinski definition) is 3. The predicted molar refractivity (Wildman–Crippen MR) is 85.9 cm³/mol. The van der Waals surface area contributed by atoms with Crippen molar-refractivity contribution in [3.05, 3.63) is 71.9 Å². The molecule has 3 rings (SSSR count). The number of phenols is 1. The molecule has 0 spiro atoms. The molecule has 2 N–H and O–H groups in total. The van der Waals surface area contributed by atoms with Gasteiger partial charge >= 0.3 is 0 Å². The summed E-state index contributed by atoms with van der Waals surface area (Å²) in [6.07, 6.45) is 0.708. The Bertz CT molecular complexity index is 798. The molecule has 2 aromatic carbocycles. The summed E-state index contributed by atoms with van der Waals surface area (Å²) >= 11 is 0. The van der Waals surface area contributed by atoms with Crippen molar-refractivity contribution in [2.24, 2.45) is 0 Å². The number of hydrogen-bond donors (Lipinski definition) is 2. The van der Waals surface area contributed by atoms with Crippen LogP contribution in [0.25, 0.3) is 10.9 Å². The van der Waals surface area contributed by atoms with Gasteiger partial charge in [0.15, 0.2) is 0 Å². The number of amides is 1. The summed E-state index contributed by atoms with van der Waals surface area (Å²) in [7, 11) is 0. The first-order valence-electron chi connectivity index (χ1n) is 7.14. The van der Waals surface area contributed by atoms with Gasteiger partial charge in [-0.15, -0.1) is 0 Å². The number of nitrogens with one attached hydrogen (secondary N) is 1. The summed E-state index contributed by atoms with van der Waals surface area (Å²) in [5.41, 5.74) is 2.29. The Morgan fingerprint density at radius 1 is 1.00 bits per heavy atom. The van der Waals surface area contributed by atoms with Crippen molar-refractivity contribution < 1.29 is 9.90 Å². The molecule has 0 unspecified atom stereocenters. The molecule has 4 heteroatoms. The monoisotopic (exact) mass is 292 g/mol. The standard InChI is InChI=1S/C18H16N2O2/c21-15-8-5-13(6-9-15)11-12-19-18(22)17-10-7-14-3-1-2-4-16(14)20-17/h1-10,21H,11-12H2,(H,19,22). The number of para-hydroxylation sites is 1. The number of rotatable bonds is 4. The highest BCUT2D eigenvalue weighted by Crippen LogP contribution is 2.12. The maximum Gasteiger partial charge on any atom is 0.269 e. The average molecular weight is 292 g/mol. The lowest BCUT2D eigenvalue weighted by atomic mass is 10.1. The second-order valence-corrected chi connectivity index (χ2v) is 5.06. The van der Waals surface area contributed by atoms with Crippen LogP contribution in [-0.4, -0.2) is 22.5 Å². The van der Waals surface area contributed by atoms with E-state index in [-0.39, 0.29) is 11.7 Å². The minimum absolute atomic E-state index is 0.176. The molecule has 1 aromatic heterocycles. The van der Waals surface area contributed by atoms with Gasteiger partial charge in [-0.2, -0.15) is 0 Å². The van der Waals surface area contributed by atoms with Gasteiger partial charge in [0.25, 0.3) is 5.91 Å². The third-order valence-corrected chi connectivity index (χ3v) is 3.47. The molecule has 22 heavy (non-hydrogen) atoms. The highest BCUT2D eigenvalue weighted by molar-refractivity contribution is 5.94. The SMILES string of the molecule is O=C(NCCc1ccc(O)cc1)c1ccc2ccccc2n1. The molecule has 110 valence electrons. The Morgan fingerprint density at radius 2 is 1.77 bits per heavy atom. The predicted octanol–water partition coefficient (Wildman–Crippen LogP) is 2.91. The van der Waals surface area contributed by atoms with Crippen molar-refractivity contribution in [3.63, 3.8) is 0 Å². The summed E-state index contributed by atoms with van der Waals surface area (Å²) < 4.78 is 0. The van der Waals surface area contributed by atoms with E-state index in [1.54, 1.807) is 18.2 Å². The summed E-state index contributed by atoms with van der Waals surface area (Å²) in [5.74, 6) is 0.0673. The molecule has 0 aliphatic rings. The topological polar surface area (TPSA) is 62.2 Å². The number of nitrogens with zero attached hydrogens (tertiary/aromatic N) is 1. The van der Waals surface area contributed by atoms with E-state index >= 15 is 0 Å². The fourth-order valence-corrected chi connectivity index (χ4v) is 2.27. The van der Waals surface area contributed by atoms with Crippen molar-refractivity contribution in [3.8, 4) is 5.75 Å². The van der Waals surface area contributed by atoms with E-state index in [1.807, 2.05) is 42.5 Å². The van der Waals surface area contributed by atoms with Crippen LogP contribution in [0.5, 0.6) is 5.75 Å². The van der Waals surface area contributed by atoms with Crippen LogP contribution in [0.1, 0.15) is 16.1 Å². The fourth-order valence-electron chi connectivity index (χ4n) is 2.27. The normalized spacial score (nSPS) is 10.5. The molecule has 0 saturated carbocycles. The Balaban J connectivity index is 1.62. The van der Waals surface area contributed by atoms with Crippen LogP contribution in [0, 0.1) is 0 Å². The van der Waals surface area contributed by atoms with Crippen LogP contribution in [0.2, 0.25) is 0 Å². The van der Waals surface area contributed by atoms with Crippen LogP contribution < -0.4 is 5.32 Å². The van der Waals surface area contributed by atoms with Gasteiger partial charge in [-0.05, 0) is 36.2 Å². The number of aromatic hydroxyl groups is 1. The second-order valence-electron chi connectivity index (χ2n) is 5.06. The molecule has 1 heterocycles. The number of carbonyl (C=O) groups is 1. The number of fused-ring (bicyclic) bond motifs is 1. The van der Waals surface area contributed by atoms with Crippen LogP contribution in [-0.2, 0) is 6.42 Å². The molecule has 0 fully saturated rings. The third-order valence-electron chi connectivity index (χ3n) is 3.47. The van der Waals surface area contributed by atoms with E-state index in [9.17, 15) is 9.90 Å². The van der Waals surface area contributed by atoms with Crippen molar-refractivity contribution >= 4 is 16.8 Å². The zero-order valence-electron chi connectivity index (χ0n) is 12.0. The molecule has 0 aliphatic carbocycles. The molecular formula is C18H16N2O2. The number of carbonyl (C=O) groups excluding carboxylic acids is 1. The third kappa shape index (κ3) is 3.23. The molecule has 0 atom stereocenters. The number of aromatic nitrogens is 1. The smallest absolute Gasteiger partial charge is 0.269 e. The van der Waals surface area contributed by atoms with Crippen LogP contribution >= 0.6 is 0 Å². The molecule has 3 aromatic rings. The molecule has 0 aliphatic heterocycles. The van der Waals surface area contributed by atoms with E-state index in [0.717, 1.165) is 16.5 Å². The Kier molecular flexibility index (Phi) is 4.01. The highest BCUT2D eigenvalue weighted by atomic mass is 16.3.